The van der Waals surface area contributed by atoms with Gasteiger partial charge < -0.3 is 25.2 Å². The van der Waals surface area contributed by atoms with Gasteiger partial charge in [0.05, 0.1) is 32.8 Å². The minimum absolute atomic E-state index is 0.188. The normalized spacial score (nSPS) is 14.4. The summed E-state index contributed by atoms with van der Waals surface area (Å²) in [6.07, 6.45) is 5.74. The molecule has 380 valence electrons. The average molecular weight is 1100 g/mol. The molecule has 6 heterocycles. The molecule has 0 unspecified atom stereocenters. The monoisotopic (exact) mass is 1100 g/mol. The Morgan fingerprint density at radius 1 is 0.589 bits per heavy atom. The Bertz CT molecular complexity index is 3400. The molecule has 2 aliphatic heterocycles. The van der Waals surface area contributed by atoms with Crippen LogP contribution in [-0.2, 0) is 44.5 Å². The predicted octanol–water partition coefficient (Wildman–Crippen LogP) is 5.36. The van der Waals surface area contributed by atoms with Gasteiger partial charge in [0.1, 0.15) is 0 Å². The molecule has 73 heavy (non-hydrogen) atoms. The summed E-state index contributed by atoms with van der Waals surface area (Å²) in [5.74, 6) is 1.46. The van der Waals surface area contributed by atoms with Crippen LogP contribution in [0.5, 0.6) is 0 Å². The van der Waals surface area contributed by atoms with Crippen molar-refractivity contribution in [3.05, 3.63) is 189 Å². The number of allylic oxidation sites excluding steroid dienone is 1. The van der Waals surface area contributed by atoms with E-state index in [1.807, 2.05) is 131 Å². The van der Waals surface area contributed by atoms with Crippen molar-refractivity contribution in [1.29, 1.82) is 0 Å². The maximum atomic E-state index is 14.0. The van der Waals surface area contributed by atoms with Gasteiger partial charge in [-0.05, 0) is 83.8 Å². The zero-order valence-corrected chi connectivity index (χ0v) is 43.7. The maximum Gasteiger partial charge on any atom is 0.333 e. The molecule has 18 heteroatoms. The molecule has 0 spiro atoms. The zero-order valence-electron chi connectivity index (χ0n) is 41.5. The summed E-state index contributed by atoms with van der Waals surface area (Å²) < 4.78 is 16.4. The van der Waals surface area contributed by atoms with E-state index in [2.05, 4.69) is 55.2 Å². The second-order valence-corrected chi connectivity index (χ2v) is 19.3. The summed E-state index contributed by atoms with van der Waals surface area (Å²) in [5.41, 5.74) is 4.54. The van der Waals surface area contributed by atoms with Gasteiger partial charge in [0.2, 0.25) is 11.9 Å². The lowest BCUT2D eigenvalue weighted by atomic mass is 10.2. The van der Waals surface area contributed by atoms with Gasteiger partial charge in [0.15, 0.2) is 22.3 Å². The predicted molar refractivity (Wildman–Crippen MR) is 298 cm³/mol. The molecular formula is C55H63IN12O5. The standard InChI is InChI=1S/C28H33IN6O3.C27H30N6O2/c1-2-38-18-17-33-26(36)24-25(35(28(33)37)19-21-9-4-3-5-10-21)31-27(32-15-8-13-30-14-16-32)34(24)20-22-11-6-7-12-23(22)29;1-30-24-23(25(34)32(27(30)35)18-8-14-21-10-4-2-5-11-21)33(20-22-12-6-3-7-13-22)26(29-24)31-17-9-15-28-16-19-31/h3-7,9-12,30H,2,8,13-20H2,1H3;2-8,10-14,28H,9,15-20H2,1H3. The van der Waals surface area contributed by atoms with Crippen LogP contribution in [0.4, 0.5) is 11.9 Å². The van der Waals surface area contributed by atoms with Gasteiger partial charge in [-0.15, -0.1) is 0 Å². The third kappa shape index (κ3) is 11.7. The number of nitrogens with one attached hydrogen (secondary N) is 2. The van der Waals surface area contributed by atoms with Crippen LogP contribution in [0.3, 0.4) is 0 Å². The number of fused-ring (bicyclic) bond motifs is 2. The molecule has 8 aromatic rings. The van der Waals surface area contributed by atoms with Crippen molar-refractivity contribution in [1.82, 2.24) is 48.0 Å². The van der Waals surface area contributed by atoms with Gasteiger partial charge in [-0.2, -0.15) is 9.97 Å². The lowest BCUT2D eigenvalue weighted by Crippen LogP contribution is -2.41. The maximum absolute atomic E-state index is 14.0. The molecule has 0 saturated carbocycles. The minimum Gasteiger partial charge on any atom is -0.380 e. The summed E-state index contributed by atoms with van der Waals surface area (Å²) in [4.78, 5) is 69.0. The number of hydrogen-bond acceptors (Lipinski definition) is 11. The summed E-state index contributed by atoms with van der Waals surface area (Å²) in [6, 6.07) is 37.9. The minimum atomic E-state index is -0.367. The van der Waals surface area contributed by atoms with Crippen LogP contribution in [0.15, 0.2) is 141 Å². The van der Waals surface area contributed by atoms with Crippen molar-refractivity contribution < 1.29 is 4.74 Å². The SMILES string of the molecule is CCOCCn1c(=O)c2c(nc(N3CCCNCC3)n2Cc2ccccc2I)n(Cc2ccccc2)c1=O.Cn1c(=O)n(CC=Cc2ccccc2)c(=O)c2c1nc(N1CCCNCC1)n2Cc1ccccc1. The third-order valence-corrected chi connectivity index (χ3v) is 14.3. The first-order valence-corrected chi connectivity index (χ1v) is 26.3. The number of rotatable bonds is 15. The fourth-order valence-corrected chi connectivity index (χ4v) is 10.1. The molecule has 10 rings (SSSR count). The van der Waals surface area contributed by atoms with Gasteiger partial charge in [-0.1, -0.05) is 121 Å². The number of aryl methyl sites for hydroxylation is 1. The van der Waals surface area contributed by atoms with E-state index >= 15 is 0 Å². The van der Waals surface area contributed by atoms with E-state index in [9.17, 15) is 19.2 Å². The number of ether oxygens (including phenoxy) is 1. The number of benzene rings is 4. The fourth-order valence-electron chi connectivity index (χ4n) is 9.50. The Labute approximate surface area is 437 Å². The van der Waals surface area contributed by atoms with Crippen molar-refractivity contribution >= 4 is 62.9 Å². The quantitative estimate of drug-likeness (QED) is 0.101. The Balaban J connectivity index is 0.000000180. The first-order chi connectivity index (χ1) is 35.7. The smallest absolute Gasteiger partial charge is 0.333 e. The van der Waals surface area contributed by atoms with Gasteiger partial charge in [0, 0.05) is 63.0 Å². The number of hydrogen-bond donors (Lipinski definition) is 2. The third-order valence-electron chi connectivity index (χ3n) is 13.3. The molecule has 0 atom stereocenters. The number of imidazole rings is 2. The molecule has 0 amide bonds. The summed E-state index contributed by atoms with van der Waals surface area (Å²) in [5, 5.41) is 6.87. The zero-order chi connectivity index (χ0) is 50.7. The molecule has 4 aromatic heterocycles. The first kappa shape index (κ1) is 51.0. The molecule has 2 fully saturated rings. The summed E-state index contributed by atoms with van der Waals surface area (Å²) in [7, 11) is 1.69. The Hall–Kier alpha value is -6.87. The van der Waals surface area contributed by atoms with E-state index in [-0.39, 0.29) is 42.2 Å². The van der Waals surface area contributed by atoms with Gasteiger partial charge in [0.25, 0.3) is 11.1 Å². The van der Waals surface area contributed by atoms with Crippen LogP contribution in [0.2, 0.25) is 0 Å². The molecule has 0 radical (unpaired) electrons. The molecule has 2 saturated heterocycles. The van der Waals surface area contributed by atoms with Crippen molar-refractivity contribution in [2.75, 3.05) is 75.4 Å². The highest BCUT2D eigenvalue weighted by Crippen LogP contribution is 2.26. The van der Waals surface area contributed by atoms with Crippen molar-refractivity contribution in [2.24, 2.45) is 7.05 Å². The van der Waals surface area contributed by atoms with Crippen LogP contribution >= 0.6 is 22.6 Å². The highest BCUT2D eigenvalue weighted by molar-refractivity contribution is 14.1. The molecule has 4 aromatic carbocycles. The number of halogens is 1. The topological polar surface area (TPSA) is 163 Å². The van der Waals surface area contributed by atoms with Crippen LogP contribution in [0, 0.1) is 3.57 Å². The highest BCUT2D eigenvalue weighted by Gasteiger charge is 2.27. The van der Waals surface area contributed by atoms with Crippen molar-refractivity contribution in [3.8, 4) is 0 Å². The molecule has 0 bridgehead atoms. The van der Waals surface area contributed by atoms with Gasteiger partial charge in [-0.25, -0.2) is 9.59 Å². The number of nitrogens with zero attached hydrogens (tertiary/aromatic N) is 10. The lowest BCUT2D eigenvalue weighted by molar-refractivity contribution is 0.137. The number of aromatic nitrogens is 8. The van der Waals surface area contributed by atoms with Gasteiger partial charge in [-0.3, -0.25) is 37.0 Å². The van der Waals surface area contributed by atoms with Crippen LogP contribution in [0.25, 0.3) is 28.4 Å². The lowest BCUT2D eigenvalue weighted by Gasteiger charge is -2.22. The molecule has 0 aliphatic carbocycles. The molecule has 2 N–H and O–H groups in total. The average Bonchev–Trinajstić information content (AvgIpc) is 3.67. The van der Waals surface area contributed by atoms with Gasteiger partial charge >= 0.3 is 11.4 Å². The second-order valence-electron chi connectivity index (χ2n) is 18.2. The van der Waals surface area contributed by atoms with Crippen LogP contribution in [0.1, 0.15) is 42.0 Å². The first-order valence-electron chi connectivity index (χ1n) is 25.2. The van der Waals surface area contributed by atoms with E-state index < -0.39 is 0 Å². The molecule has 2 aliphatic rings. The fraction of sp³-hybridized carbons (Fsp3) is 0.345. The van der Waals surface area contributed by atoms with E-state index in [4.69, 9.17) is 14.7 Å². The molecule has 17 nitrogen and oxygen atoms in total. The second kappa shape index (κ2) is 24.2. The van der Waals surface area contributed by atoms with Crippen molar-refractivity contribution in [2.45, 2.75) is 52.5 Å². The Morgan fingerprint density at radius 3 is 1.74 bits per heavy atom. The van der Waals surface area contributed by atoms with E-state index in [0.29, 0.717) is 48.6 Å². The molecular weight excluding hydrogens is 1040 g/mol. The highest BCUT2D eigenvalue weighted by atomic mass is 127. The summed E-state index contributed by atoms with van der Waals surface area (Å²) >= 11 is 2.33. The van der Waals surface area contributed by atoms with Crippen LogP contribution in [-0.4, -0.2) is 103 Å². The van der Waals surface area contributed by atoms with E-state index in [1.54, 1.807) is 11.6 Å². The van der Waals surface area contributed by atoms with E-state index in [1.165, 1.54) is 13.7 Å². The van der Waals surface area contributed by atoms with Crippen LogP contribution < -0.4 is 42.9 Å². The Kier molecular flexibility index (Phi) is 16.9. The largest absolute Gasteiger partial charge is 0.380 e. The number of anilines is 2. The van der Waals surface area contributed by atoms with E-state index in [0.717, 1.165) is 103 Å². The van der Waals surface area contributed by atoms with Crippen molar-refractivity contribution in [3.63, 3.8) is 0 Å². The summed E-state index contributed by atoms with van der Waals surface area (Å²) in [6.45, 7) is 11.2. The Morgan fingerprint density at radius 2 is 1.12 bits per heavy atom.